The Morgan fingerprint density at radius 3 is 2.67 bits per heavy atom. The molecular weight excluding hydrogens is 222 g/mol. The molecule has 0 saturated carbocycles. The largest absolute Gasteiger partial charge is 0.496 e. The van der Waals surface area contributed by atoms with Gasteiger partial charge in [-0.2, -0.15) is 0 Å². The number of nitrogens with one attached hydrogen (secondary N) is 1. The van der Waals surface area contributed by atoms with Gasteiger partial charge in [0.25, 0.3) is 0 Å². The predicted octanol–water partition coefficient (Wildman–Crippen LogP) is 3.16. The maximum Gasteiger partial charge on any atom is 0.125 e. The van der Waals surface area contributed by atoms with Crippen molar-refractivity contribution in [1.29, 1.82) is 0 Å². The highest BCUT2D eigenvalue weighted by Gasteiger charge is 2.17. The highest BCUT2D eigenvalue weighted by molar-refractivity contribution is 5.49. The minimum absolute atomic E-state index is 0.843. The van der Waals surface area contributed by atoms with Crippen LogP contribution in [0.25, 0.3) is 0 Å². The van der Waals surface area contributed by atoms with Gasteiger partial charge >= 0.3 is 0 Å². The monoisotopic (exact) mass is 247 g/mol. The first-order chi connectivity index (χ1) is 8.63. The first kappa shape index (κ1) is 13.4. The van der Waals surface area contributed by atoms with Gasteiger partial charge in [-0.25, -0.2) is 0 Å². The lowest BCUT2D eigenvalue weighted by atomic mass is 9.92. The fourth-order valence-electron chi connectivity index (χ4n) is 3.00. The molecule has 0 bridgehead atoms. The second-order valence-corrected chi connectivity index (χ2v) is 5.54. The molecule has 0 radical (unpaired) electrons. The Labute approximate surface area is 111 Å². The molecule has 1 aliphatic heterocycles. The van der Waals surface area contributed by atoms with E-state index in [1.54, 1.807) is 7.11 Å². The van der Waals surface area contributed by atoms with Crippen LogP contribution in [0.3, 0.4) is 0 Å². The molecule has 1 heterocycles. The van der Waals surface area contributed by atoms with Crippen molar-refractivity contribution >= 4 is 0 Å². The summed E-state index contributed by atoms with van der Waals surface area (Å²) in [5, 5.41) is 3.44. The van der Waals surface area contributed by atoms with E-state index in [1.165, 1.54) is 48.2 Å². The molecule has 0 aromatic heterocycles. The van der Waals surface area contributed by atoms with E-state index >= 15 is 0 Å². The van der Waals surface area contributed by atoms with Crippen LogP contribution in [-0.4, -0.2) is 20.2 Å². The molecule has 1 aromatic rings. The van der Waals surface area contributed by atoms with Gasteiger partial charge in [0.2, 0.25) is 0 Å². The van der Waals surface area contributed by atoms with E-state index in [0.717, 1.165) is 18.1 Å². The molecule has 2 nitrogen and oxygen atoms in total. The summed E-state index contributed by atoms with van der Waals surface area (Å²) >= 11 is 0. The zero-order valence-corrected chi connectivity index (χ0v) is 12.1. The fourth-order valence-corrected chi connectivity index (χ4v) is 3.00. The summed E-state index contributed by atoms with van der Waals surface area (Å²) in [6.45, 7) is 8.90. The second-order valence-electron chi connectivity index (χ2n) is 5.54. The van der Waals surface area contributed by atoms with Crippen molar-refractivity contribution in [3.63, 3.8) is 0 Å². The molecule has 1 atom stereocenters. The Kier molecular flexibility index (Phi) is 4.28. The van der Waals surface area contributed by atoms with Crippen molar-refractivity contribution < 1.29 is 4.74 Å². The Morgan fingerprint density at radius 2 is 2.06 bits per heavy atom. The van der Waals surface area contributed by atoms with Crippen molar-refractivity contribution in [2.75, 3.05) is 20.2 Å². The van der Waals surface area contributed by atoms with Gasteiger partial charge < -0.3 is 10.1 Å². The van der Waals surface area contributed by atoms with Crippen molar-refractivity contribution in [3.05, 3.63) is 28.3 Å². The topological polar surface area (TPSA) is 21.3 Å². The van der Waals surface area contributed by atoms with E-state index in [0.29, 0.717) is 0 Å². The minimum Gasteiger partial charge on any atom is -0.496 e. The van der Waals surface area contributed by atoms with Crippen LogP contribution in [0.5, 0.6) is 5.75 Å². The SMILES string of the molecule is COc1c(C)c(C)cc(C)c1CCC1CCNC1. The van der Waals surface area contributed by atoms with Crippen LogP contribution in [0.4, 0.5) is 0 Å². The summed E-state index contributed by atoms with van der Waals surface area (Å²) in [5.41, 5.74) is 5.41. The summed E-state index contributed by atoms with van der Waals surface area (Å²) in [6.07, 6.45) is 3.74. The van der Waals surface area contributed by atoms with Gasteiger partial charge in [-0.3, -0.25) is 0 Å². The number of aryl methyl sites for hydroxylation is 2. The third-order valence-corrected chi connectivity index (χ3v) is 4.28. The summed E-state index contributed by atoms with van der Waals surface area (Å²) in [7, 11) is 1.79. The van der Waals surface area contributed by atoms with Crippen LogP contribution in [0.1, 0.15) is 35.1 Å². The summed E-state index contributed by atoms with van der Waals surface area (Å²) < 4.78 is 5.64. The minimum atomic E-state index is 0.843. The van der Waals surface area contributed by atoms with Gasteiger partial charge in [0.05, 0.1) is 7.11 Å². The number of hydrogen-bond donors (Lipinski definition) is 1. The van der Waals surface area contributed by atoms with Crippen molar-refractivity contribution in [2.45, 2.75) is 40.0 Å². The Balaban J connectivity index is 2.17. The summed E-state index contributed by atoms with van der Waals surface area (Å²) in [6, 6.07) is 2.29. The average molecular weight is 247 g/mol. The number of benzene rings is 1. The van der Waals surface area contributed by atoms with Crippen molar-refractivity contribution in [3.8, 4) is 5.75 Å². The molecule has 1 fully saturated rings. The molecule has 1 aliphatic rings. The van der Waals surface area contributed by atoms with E-state index in [4.69, 9.17) is 4.74 Å². The predicted molar refractivity (Wildman–Crippen MR) is 76.5 cm³/mol. The van der Waals surface area contributed by atoms with Crippen LogP contribution in [0.15, 0.2) is 6.07 Å². The molecule has 1 unspecified atom stereocenters. The first-order valence-corrected chi connectivity index (χ1v) is 6.98. The highest BCUT2D eigenvalue weighted by atomic mass is 16.5. The number of hydrogen-bond acceptors (Lipinski definition) is 2. The Bertz CT molecular complexity index is 420. The molecule has 1 aromatic carbocycles. The molecule has 2 heteroatoms. The van der Waals surface area contributed by atoms with Gasteiger partial charge in [0.1, 0.15) is 5.75 Å². The lowest BCUT2D eigenvalue weighted by Gasteiger charge is -2.18. The first-order valence-electron chi connectivity index (χ1n) is 6.98. The van der Waals surface area contributed by atoms with Crippen LogP contribution in [-0.2, 0) is 6.42 Å². The second kappa shape index (κ2) is 5.75. The van der Waals surface area contributed by atoms with Crippen LogP contribution in [0, 0.1) is 26.7 Å². The number of rotatable bonds is 4. The van der Waals surface area contributed by atoms with Gasteiger partial charge in [-0.1, -0.05) is 6.07 Å². The maximum absolute atomic E-state index is 5.64. The Hall–Kier alpha value is -1.02. The van der Waals surface area contributed by atoms with Gasteiger partial charge in [0.15, 0.2) is 0 Å². The molecule has 0 aliphatic carbocycles. The van der Waals surface area contributed by atoms with Gasteiger partial charge in [-0.15, -0.1) is 0 Å². The lowest BCUT2D eigenvalue weighted by Crippen LogP contribution is -2.10. The number of ether oxygens (including phenoxy) is 1. The molecular formula is C16H25NO. The molecule has 1 saturated heterocycles. The number of methoxy groups -OCH3 is 1. The standard InChI is InChI=1S/C16H25NO/c1-11-9-12(2)15(16(18-4)13(11)3)6-5-14-7-8-17-10-14/h9,14,17H,5-8,10H2,1-4H3. The molecule has 0 spiro atoms. The zero-order chi connectivity index (χ0) is 13.1. The lowest BCUT2D eigenvalue weighted by molar-refractivity contribution is 0.402. The maximum atomic E-state index is 5.64. The summed E-state index contributed by atoms with van der Waals surface area (Å²) in [5.74, 6) is 1.95. The normalized spacial score (nSPS) is 19.2. The van der Waals surface area contributed by atoms with E-state index in [-0.39, 0.29) is 0 Å². The third kappa shape index (κ3) is 2.69. The third-order valence-electron chi connectivity index (χ3n) is 4.28. The molecule has 18 heavy (non-hydrogen) atoms. The van der Waals surface area contributed by atoms with E-state index in [2.05, 4.69) is 32.2 Å². The molecule has 2 rings (SSSR count). The molecule has 1 N–H and O–H groups in total. The zero-order valence-electron chi connectivity index (χ0n) is 12.1. The van der Waals surface area contributed by atoms with Crippen molar-refractivity contribution in [1.82, 2.24) is 5.32 Å². The smallest absolute Gasteiger partial charge is 0.125 e. The van der Waals surface area contributed by atoms with Crippen LogP contribution in [0.2, 0.25) is 0 Å². The molecule has 0 amide bonds. The van der Waals surface area contributed by atoms with Crippen molar-refractivity contribution in [2.24, 2.45) is 5.92 Å². The van der Waals surface area contributed by atoms with E-state index in [9.17, 15) is 0 Å². The fraction of sp³-hybridized carbons (Fsp3) is 0.625. The van der Waals surface area contributed by atoms with Gasteiger partial charge in [-0.05, 0) is 81.3 Å². The summed E-state index contributed by atoms with van der Waals surface area (Å²) in [4.78, 5) is 0. The van der Waals surface area contributed by atoms with Gasteiger partial charge in [0, 0.05) is 0 Å². The average Bonchev–Trinajstić information content (AvgIpc) is 2.85. The van der Waals surface area contributed by atoms with E-state index < -0.39 is 0 Å². The van der Waals surface area contributed by atoms with Crippen LogP contribution >= 0.6 is 0 Å². The Morgan fingerprint density at radius 1 is 1.28 bits per heavy atom. The molecule has 100 valence electrons. The van der Waals surface area contributed by atoms with E-state index in [1.807, 2.05) is 0 Å². The van der Waals surface area contributed by atoms with Crippen LogP contribution < -0.4 is 10.1 Å². The highest BCUT2D eigenvalue weighted by Crippen LogP contribution is 2.31. The quantitative estimate of drug-likeness (QED) is 0.882.